The van der Waals surface area contributed by atoms with Gasteiger partial charge in [-0.2, -0.15) is 0 Å². The van der Waals surface area contributed by atoms with Crippen LogP contribution in [0, 0.1) is 0 Å². The van der Waals surface area contributed by atoms with E-state index in [1.54, 1.807) is 12.2 Å². The van der Waals surface area contributed by atoms with E-state index in [1.165, 1.54) is 51.4 Å². The van der Waals surface area contributed by atoms with Crippen molar-refractivity contribution in [2.45, 2.75) is 290 Å². The highest BCUT2D eigenvalue weighted by atomic mass is 31.2. The van der Waals surface area contributed by atoms with Crippen LogP contribution in [-0.4, -0.2) is 96.7 Å². The van der Waals surface area contributed by atoms with Crippen molar-refractivity contribution in [3.05, 3.63) is 182 Å². The molecule has 0 saturated carbocycles. The maximum atomic E-state index is 13.1. The number of unbranched alkanes of at least 4 members (excludes halogenated alkanes) is 16. The van der Waals surface area contributed by atoms with Crippen molar-refractivity contribution in [2.75, 3.05) is 39.6 Å². The standard InChI is InChI=1S/C85H136O17P2/c1-5-9-13-17-21-25-29-33-36-38-39-41-44-47-50-54-58-62-66-70-83(88)96-76-81(102-85(90)72-68-64-60-56-52-48-42-35-31-27-23-19-15-11-7-3)78-100-104(93,94)98-74-79(86)73-97-103(91,92)99-77-80(101-84(89)71-67-63-59-55-51-45-32-28-24-20-16-12-8-4)75-95-82(87)69-65-61-57-53-49-46-43-40-37-34-30-26-22-18-14-10-6-2/h9-11,13-15,21-23,25-27,33-37,39,41-43,46-47,50,52,56,58,62,64,68,79-81,86H,5-8,12,16-20,24,28-32,38,40,44-45,48-49,51,53-55,57,59-61,63,65-67,69-78H2,1-4H3,(H,91,92)(H,93,94)/b13-9-,14-10-,15-11-,25-21-,26-22-,27-23-,36-33-,37-34-,41-39-,42-35-,46-43-,50-47-,56-52-,62-58-,68-64-. The number of rotatable bonds is 71. The van der Waals surface area contributed by atoms with Crippen LogP contribution in [0.1, 0.15) is 272 Å². The summed E-state index contributed by atoms with van der Waals surface area (Å²) >= 11 is 0. The molecule has 3 N–H and O–H groups in total. The van der Waals surface area contributed by atoms with Crippen molar-refractivity contribution in [3.8, 4) is 0 Å². The lowest BCUT2D eigenvalue weighted by Gasteiger charge is -2.21. The normalized spacial score (nSPS) is 14.9. The molecule has 17 nitrogen and oxygen atoms in total. The molecule has 588 valence electrons. The molecule has 0 spiro atoms. The molecule has 0 rings (SSSR count). The molecule has 0 amide bonds. The second-order valence-corrected chi connectivity index (χ2v) is 28.1. The number of hydrogen-bond donors (Lipinski definition) is 3. The van der Waals surface area contributed by atoms with E-state index in [9.17, 15) is 43.2 Å². The van der Waals surface area contributed by atoms with Gasteiger partial charge in [-0.3, -0.25) is 37.3 Å². The van der Waals surface area contributed by atoms with Crippen LogP contribution >= 0.6 is 15.6 Å². The highest BCUT2D eigenvalue weighted by Gasteiger charge is 2.30. The summed E-state index contributed by atoms with van der Waals surface area (Å²) in [6.45, 7) is 4.28. The van der Waals surface area contributed by atoms with Crippen LogP contribution in [0.3, 0.4) is 0 Å². The highest BCUT2D eigenvalue weighted by Crippen LogP contribution is 2.45. The SMILES string of the molecule is CC/C=C\C/C=C\C/C=C\C/C=C\C/C=C\C/C=C\CCC(=O)OCC(COP(=O)(O)OCC(O)COP(=O)(O)OCC(COC(=O)CCCCCC/C=C\C/C=C\C/C=C\C/C=C\CC)OC(=O)CCCCCCCCCCCCCCC)OC(=O)C/C=C\C/C=C\C/C=C\C/C=C\C/C=C\CC. The predicted octanol–water partition coefficient (Wildman–Crippen LogP) is 22.8. The largest absolute Gasteiger partial charge is 0.472 e. The lowest BCUT2D eigenvalue weighted by molar-refractivity contribution is -0.161. The molecule has 0 aliphatic heterocycles. The first-order valence-electron chi connectivity index (χ1n) is 39.0. The van der Waals surface area contributed by atoms with Gasteiger partial charge in [-0.25, -0.2) is 9.13 Å². The maximum absolute atomic E-state index is 13.1. The first-order chi connectivity index (χ1) is 50.7. The van der Waals surface area contributed by atoms with E-state index in [1.807, 2.05) is 30.4 Å². The highest BCUT2D eigenvalue weighted by molar-refractivity contribution is 7.47. The number of phosphoric acid groups is 2. The van der Waals surface area contributed by atoms with E-state index in [2.05, 4.69) is 167 Å². The zero-order valence-corrected chi connectivity index (χ0v) is 65.9. The Labute approximate surface area is 628 Å². The molecular weight excluding hydrogens is 1350 g/mol. The van der Waals surface area contributed by atoms with Crippen LogP contribution in [0.4, 0.5) is 0 Å². The van der Waals surface area contributed by atoms with Crippen molar-refractivity contribution in [2.24, 2.45) is 0 Å². The molecule has 0 aromatic heterocycles. The summed E-state index contributed by atoms with van der Waals surface area (Å²) in [5.41, 5.74) is 0. The molecule has 104 heavy (non-hydrogen) atoms. The molecule has 0 bridgehead atoms. The van der Waals surface area contributed by atoms with Gasteiger partial charge in [0.1, 0.15) is 19.3 Å². The summed E-state index contributed by atoms with van der Waals surface area (Å²) in [5.74, 6) is -2.46. The zero-order valence-electron chi connectivity index (χ0n) is 64.1. The van der Waals surface area contributed by atoms with Crippen LogP contribution in [-0.2, 0) is 65.4 Å². The summed E-state index contributed by atoms with van der Waals surface area (Å²) in [4.78, 5) is 72.9. The predicted molar refractivity (Wildman–Crippen MR) is 426 cm³/mol. The first-order valence-corrected chi connectivity index (χ1v) is 42.0. The fourth-order valence-electron chi connectivity index (χ4n) is 9.61. The van der Waals surface area contributed by atoms with Gasteiger partial charge in [0, 0.05) is 19.3 Å². The molecule has 0 radical (unpaired) electrons. The Hall–Kier alpha value is -5.84. The third-order valence-electron chi connectivity index (χ3n) is 15.4. The van der Waals surface area contributed by atoms with Crippen molar-refractivity contribution in [3.63, 3.8) is 0 Å². The van der Waals surface area contributed by atoms with Gasteiger partial charge in [0.15, 0.2) is 12.2 Å². The number of ether oxygens (including phenoxy) is 4. The Morgan fingerprint density at radius 1 is 0.288 bits per heavy atom. The molecule has 19 heteroatoms. The van der Waals surface area contributed by atoms with Crippen LogP contribution in [0.2, 0.25) is 0 Å². The summed E-state index contributed by atoms with van der Waals surface area (Å²) < 4.78 is 68.3. The maximum Gasteiger partial charge on any atom is 0.472 e. The Kier molecular flexibility index (Phi) is 71.2. The van der Waals surface area contributed by atoms with Gasteiger partial charge in [0.05, 0.1) is 32.8 Å². The van der Waals surface area contributed by atoms with Crippen LogP contribution < -0.4 is 0 Å². The van der Waals surface area contributed by atoms with Gasteiger partial charge < -0.3 is 33.8 Å². The molecule has 0 aromatic rings. The van der Waals surface area contributed by atoms with E-state index in [0.29, 0.717) is 32.1 Å². The third kappa shape index (κ3) is 74.4. The number of hydrogen-bond acceptors (Lipinski definition) is 15. The number of phosphoric ester groups is 2. The summed E-state index contributed by atoms with van der Waals surface area (Å²) in [7, 11) is -10.0. The Balaban J connectivity index is 5.51. The minimum Gasteiger partial charge on any atom is -0.462 e. The molecule has 0 heterocycles. The van der Waals surface area contributed by atoms with E-state index in [4.69, 9.17) is 37.0 Å². The summed E-state index contributed by atoms with van der Waals surface area (Å²) in [6, 6.07) is 0. The second kappa shape index (κ2) is 75.4. The third-order valence-corrected chi connectivity index (χ3v) is 17.3. The Morgan fingerprint density at radius 2 is 0.558 bits per heavy atom. The number of carbonyl (C=O) groups excluding carboxylic acids is 4. The average Bonchev–Trinajstić information content (AvgIpc) is 0.911. The average molecular weight is 1490 g/mol. The van der Waals surface area contributed by atoms with Gasteiger partial charge in [-0.1, -0.05) is 300 Å². The number of aliphatic hydroxyl groups excluding tert-OH is 1. The summed E-state index contributed by atoms with van der Waals surface area (Å²) in [6.07, 6.45) is 90.7. The number of allylic oxidation sites excluding steroid dienone is 29. The van der Waals surface area contributed by atoms with Gasteiger partial charge in [0.2, 0.25) is 0 Å². The molecule has 5 atom stereocenters. The van der Waals surface area contributed by atoms with Gasteiger partial charge >= 0.3 is 39.5 Å². The lowest BCUT2D eigenvalue weighted by Crippen LogP contribution is -2.30. The van der Waals surface area contributed by atoms with E-state index in [0.717, 1.165) is 135 Å². The molecule has 0 fully saturated rings. The zero-order chi connectivity index (χ0) is 76.0. The van der Waals surface area contributed by atoms with Crippen molar-refractivity contribution in [1.82, 2.24) is 0 Å². The number of esters is 4. The molecule has 0 aliphatic rings. The molecule has 0 aliphatic carbocycles. The molecule has 0 saturated heterocycles. The Morgan fingerprint density at radius 3 is 0.913 bits per heavy atom. The second-order valence-electron chi connectivity index (χ2n) is 25.2. The van der Waals surface area contributed by atoms with E-state index < -0.39 is 97.5 Å². The monoisotopic (exact) mass is 1490 g/mol. The molecular formula is C85H136O17P2. The van der Waals surface area contributed by atoms with Crippen molar-refractivity contribution < 1.29 is 80.2 Å². The van der Waals surface area contributed by atoms with Gasteiger partial charge in [0.25, 0.3) is 0 Å². The minimum atomic E-state index is -5.03. The topological polar surface area (TPSA) is 237 Å². The number of aliphatic hydroxyl groups is 1. The molecule has 5 unspecified atom stereocenters. The quantitative estimate of drug-likeness (QED) is 0.0169. The fourth-order valence-corrected chi connectivity index (χ4v) is 11.2. The lowest BCUT2D eigenvalue weighted by atomic mass is 10.0. The van der Waals surface area contributed by atoms with E-state index in [-0.39, 0.29) is 25.7 Å². The van der Waals surface area contributed by atoms with E-state index >= 15 is 0 Å². The smallest absolute Gasteiger partial charge is 0.462 e. The first kappa shape index (κ1) is 98.2. The van der Waals surface area contributed by atoms with Gasteiger partial charge in [-0.15, -0.1) is 0 Å². The minimum absolute atomic E-state index is 0.00964. The summed E-state index contributed by atoms with van der Waals surface area (Å²) in [5, 5.41) is 10.6. The van der Waals surface area contributed by atoms with Crippen molar-refractivity contribution >= 4 is 39.5 Å². The van der Waals surface area contributed by atoms with Crippen LogP contribution in [0.5, 0.6) is 0 Å². The van der Waals surface area contributed by atoms with Gasteiger partial charge in [-0.05, 0) is 128 Å². The molecule has 0 aromatic carbocycles. The fraction of sp³-hybridized carbons (Fsp3) is 0.600. The number of carbonyl (C=O) groups is 4. The van der Waals surface area contributed by atoms with Crippen LogP contribution in [0.25, 0.3) is 0 Å². The van der Waals surface area contributed by atoms with Crippen LogP contribution in [0.15, 0.2) is 182 Å². The Bertz CT molecular complexity index is 2690. The van der Waals surface area contributed by atoms with Crippen molar-refractivity contribution in [1.29, 1.82) is 0 Å².